The number of hydrogen-bond acceptors (Lipinski definition) is 2. The van der Waals surface area contributed by atoms with Crippen molar-refractivity contribution in [3.63, 3.8) is 0 Å². The number of halogens is 3. The number of carbonyl (C=O) groups excluding carboxylic acids is 1. The molecule has 1 atom stereocenters. The van der Waals surface area contributed by atoms with E-state index in [0.717, 1.165) is 14.9 Å². The lowest BCUT2D eigenvalue weighted by molar-refractivity contribution is 0.0944. The summed E-state index contributed by atoms with van der Waals surface area (Å²) < 4.78 is 0.977. The fraction of sp³-hybridized carbons (Fsp3) is 0.214. The molecule has 0 saturated heterocycles. The molecule has 0 radical (unpaired) electrons. The molecular weight excluding hydrogens is 381 g/mol. The fourth-order valence-electron chi connectivity index (χ4n) is 1.70. The summed E-state index contributed by atoms with van der Waals surface area (Å²) in [5.41, 5.74) is 1.97. The first-order valence-corrected chi connectivity index (χ1v) is 8.26. The maximum Gasteiger partial charge on any atom is 0.261 e. The third-order valence-electron chi connectivity index (χ3n) is 2.87. The van der Waals surface area contributed by atoms with Gasteiger partial charge in [-0.3, -0.25) is 4.79 Å². The number of aryl methyl sites for hydroxylation is 1. The normalized spacial score (nSPS) is 12.2. The molecule has 1 amide bonds. The van der Waals surface area contributed by atoms with Crippen LogP contribution < -0.4 is 5.32 Å². The van der Waals surface area contributed by atoms with E-state index in [-0.39, 0.29) is 11.9 Å². The highest BCUT2D eigenvalue weighted by molar-refractivity contribution is 9.11. The SMILES string of the molecule is Cc1cc(C(=O)NC(C)c2ccc(Cl)c(Cl)c2)sc1Br. The molecule has 0 spiro atoms. The van der Waals surface area contributed by atoms with E-state index in [4.69, 9.17) is 23.2 Å². The predicted molar refractivity (Wildman–Crippen MR) is 89.1 cm³/mol. The van der Waals surface area contributed by atoms with Crippen molar-refractivity contribution in [3.05, 3.63) is 54.1 Å². The minimum Gasteiger partial charge on any atom is -0.345 e. The molecule has 0 fully saturated rings. The Bertz CT molecular complexity index is 637. The highest BCUT2D eigenvalue weighted by atomic mass is 79.9. The largest absolute Gasteiger partial charge is 0.345 e. The van der Waals surface area contributed by atoms with Crippen molar-refractivity contribution in [2.45, 2.75) is 19.9 Å². The van der Waals surface area contributed by atoms with Crippen LogP contribution >= 0.6 is 50.5 Å². The average molecular weight is 393 g/mol. The fourth-order valence-corrected chi connectivity index (χ4v) is 3.45. The summed E-state index contributed by atoms with van der Waals surface area (Å²) in [6, 6.07) is 7.08. The Morgan fingerprint density at radius 3 is 2.55 bits per heavy atom. The highest BCUT2D eigenvalue weighted by Gasteiger charge is 2.15. The minimum absolute atomic E-state index is 0.0950. The van der Waals surface area contributed by atoms with Gasteiger partial charge >= 0.3 is 0 Å². The molecule has 0 saturated carbocycles. The molecule has 1 aromatic carbocycles. The first-order valence-electron chi connectivity index (χ1n) is 5.90. The first-order chi connectivity index (χ1) is 9.38. The van der Waals surface area contributed by atoms with E-state index in [9.17, 15) is 4.79 Å². The van der Waals surface area contributed by atoms with Crippen LogP contribution in [0.3, 0.4) is 0 Å². The zero-order valence-corrected chi connectivity index (χ0v) is 14.8. The van der Waals surface area contributed by atoms with Gasteiger partial charge in [-0.15, -0.1) is 11.3 Å². The maximum atomic E-state index is 12.2. The number of amides is 1. The molecule has 6 heteroatoms. The number of hydrogen-bond donors (Lipinski definition) is 1. The van der Waals surface area contributed by atoms with Crippen molar-refractivity contribution in [3.8, 4) is 0 Å². The van der Waals surface area contributed by atoms with Crippen LogP contribution in [-0.4, -0.2) is 5.91 Å². The van der Waals surface area contributed by atoms with E-state index in [1.165, 1.54) is 11.3 Å². The Morgan fingerprint density at radius 2 is 2.00 bits per heavy atom. The average Bonchev–Trinajstić information content (AvgIpc) is 2.73. The first kappa shape index (κ1) is 15.8. The third kappa shape index (κ3) is 3.55. The van der Waals surface area contributed by atoms with Gasteiger partial charge in [-0.05, 0) is 59.1 Å². The van der Waals surface area contributed by atoms with Gasteiger partial charge in [0.25, 0.3) is 5.91 Å². The molecule has 2 aromatic rings. The van der Waals surface area contributed by atoms with Gasteiger partial charge in [-0.25, -0.2) is 0 Å². The lowest BCUT2D eigenvalue weighted by Gasteiger charge is -2.14. The van der Waals surface area contributed by atoms with Crippen LogP contribution in [0.2, 0.25) is 10.0 Å². The van der Waals surface area contributed by atoms with Crippen LogP contribution in [0, 0.1) is 6.92 Å². The van der Waals surface area contributed by atoms with E-state index in [0.29, 0.717) is 14.9 Å². The summed E-state index contributed by atoms with van der Waals surface area (Å²) in [7, 11) is 0. The van der Waals surface area contributed by atoms with Crippen LogP contribution in [0.4, 0.5) is 0 Å². The van der Waals surface area contributed by atoms with E-state index in [1.807, 2.05) is 26.0 Å². The Kier molecular flexibility index (Phi) is 5.13. The molecule has 2 rings (SSSR count). The Hall–Kier alpha value is -0.550. The zero-order chi connectivity index (χ0) is 14.9. The van der Waals surface area contributed by atoms with Crippen LogP contribution in [0.1, 0.15) is 33.8 Å². The third-order valence-corrected chi connectivity index (χ3v) is 5.75. The van der Waals surface area contributed by atoms with Gasteiger partial charge in [0.1, 0.15) is 0 Å². The molecule has 0 aliphatic carbocycles. The van der Waals surface area contributed by atoms with Crippen molar-refractivity contribution >= 4 is 56.4 Å². The summed E-state index contributed by atoms with van der Waals surface area (Å²) in [6.45, 7) is 3.87. The second kappa shape index (κ2) is 6.48. The van der Waals surface area contributed by atoms with Gasteiger partial charge in [-0.2, -0.15) is 0 Å². The molecule has 2 nitrogen and oxygen atoms in total. The van der Waals surface area contributed by atoms with Crippen molar-refractivity contribution in [2.75, 3.05) is 0 Å². The Labute approximate surface area is 140 Å². The topological polar surface area (TPSA) is 29.1 Å². The molecule has 1 N–H and O–H groups in total. The van der Waals surface area contributed by atoms with E-state index < -0.39 is 0 Å². The molecule has 1 heterocycles. The number of nitrogens with one attached hydrogen (secondary N) is 1. The van der Waals surface area contributed by atoms with E-state index in [1.54, 1.807) is 12.1 Å². The zero-order valence-electron chi connectivity index (χ0n) is 10.8. The molecule has 1 unspecified atom stereocenters. The lowest BCUT2D eigenvalue weighted by Crippen LogP contribution is -2.25. The Balaban J connectivity index is 2.12. The molecule has 106 valence electrons. The molecular formula is C14H12BrCl2NOS. The van der Waals surface area contributed by atoms with Gasteiger partial charge in [0, 0.05) is 0 Å². The maximum absolute atomic E-state index is 12.2. The smallest absolute Gasteiger partial charge is 0.261 e. The van der Waals surface area contributed by atoms with Crippen molar-refractivity contribution < 1.29 is 4.79 Å². The molecule has 1 aromatic heterocycles. The summed E-state index contributed by atoms with van der Waals surface area (Å²) in [4.78, 5) is 12.8. The minimum atomic E-state index is -0.140. The molecule has 0 aliphatic rings. The van der Waals surface area contributed by atoms with Crippen LogP contribution in [0.5, 0.6) is 0 Å². The van der Waals surface area contributed by atoms with Crippen molar-refractivity contribution in [1.82, 2.24) is 5.32 Å². The quantitative estimate of drug-likeness (QED) is 0.721. The van der Waals surface area contributed by atoms with Gasteiger partial charge in [0.05, 0.1) is 24.8 Å². The van der Waals surface area contributed by atoms with Crippen LogP contribution in [-0.2, 0) is 0 Å². The summed E-state index contributed by atoms with van der Waals surface area (Å²) in [5.74, 6) is -0.0950. The van der Waals surface area contributed by atoms with E-state index >= 15 is 0 Å². The van der Waals surface area contributed by atoms with E-state index in [2.05, 4.69) is 21.2 Å². The second-order valence-electron chi connectivity index (χ2n) is 4.44. The summed E-state index contributed by atoms with van der Waals surface area (Å²) in [6.07, 6.45) is 0. The van der Waals surface area contributed by atoms with Gasteiger partial charge in [0.2, 0.25) is 0 Å². The molecule has 20 heavy (non-hydrogen) atoms. The molecule has 0 aliphatic heterocycles. The lowest BCUT2D eigenvalue weighted by atomic mass is 10.1. The van der Waals surface area contributed by atoms with Crippen LogP contribution in [0.25, 0.3) is 0 Å². The van der Waals surface area contributed by atoms with Gasteiger partial charge < -0.3 is 5.32 Å². The Morgan fingerprint density at radius 1 is 1.30 bits per heavy atom. The molecule has 0 bridgehead atoms. The monoisotopic (exact) mass is 391 g/mol. The summed E-state index contributed by atoms with van der Waals surface area (Å²) >= 11 is 16.7. The van der Waals surface area contributed by atoms with Crippen molar-refractivity contribution in [1.29, 1.82) is 0 Å². The van der Waals surface area contributed by atoms with Gasteiger partial charge in [-0.1, -0.05) is 29.3 Å². The number of benzene rings is 1. The van der Waals surface area contributed by atoms with Crippen molar-refractivity contribution in [2.24, 2.45) is 0 Å². The summed E-state index contributed by atoms with van der Waals surface area (Å²) in [5, 5.41) is 3.94. The standard InChI is InChI=1S/C14H12BrCl2NOS/c1-7-5-12(20-13(7)15)14(19)18-8(2)9-3-4-10(16)11(17)6-9/h3-6,8H,1-2H3,(H,18,19). The number of carbonyl (C=O) groups is 1. The predicted octanol–water partition coefficient (Wildman–Crippen LogP) is 5.62. The second-order valence-corrected chi connectivity index (χ2v) is 7.62. The van der Waals surface area contributed by atoms with Gasteiger partial charge in [0.15, 0.2) is 0 Å². The highest BCUT2D eigenvalue weighted by Crippen LogP contribution is 2.28. The number of rotatable bonds is 3. The number of thiophene rings is 1. The van der Waals surface area contributed by atoms with Crippen LogP contribution in [0.15, 0.2) is 28.1 Å².